The second-order valence-electron chi connectivity index (χ2n) is 9.59. The minimum atomic E-state index is -1.14. The maximum atomic E-state index is 12.5. The minimum Gasteiger partial charge on any atom is -0.497 e. The summed E-state index contributed by atoms with van der Waals surface area (Å²) in [5.41, 5.74) is 0.147. The number of H-pyrrole nitrogens is 1. The molecule has 2 N–H and O–H groups in total. The predicted octanol–water partition coefficient (Wildman–Crippen LogP) is 2.84. The molecule has 5 rings (SSSR count). The van der Waals surface area contributed by atoms with Crippen LogP contribution in [-0.4, -0.2) is 60.9 Å². The quantitative estimate of drug-likeness (QED) is 0.284. The van der Waals surface area contributed by atoms with Crippen molar-refractivity contribution in [3.63, 3.8) is 0 Å². The molecular weight excluding hydrogens is 528 g/mol. The summed E-state index contributed by atoms with van der Waals surface area (Å²) in [5, 5.41) is 11.2. The summed E-state index contributed by atoms with van der Waals surface area (Å²) >= 11 is 0. The number of benzene rings is 3. The summed E-state index contributed by atoms with van der Waals surface area (Å²) < 4.78 is 30.5. The number of ether oxygens (including phenoxy) is 5. The standard InChI is InChI=1S/C31H32N2O8/c1-37-23-13-9-21(10-14-23)31(20-7-5-4-6-8-20,22-11-15-24(38-2)16-12-22)40-19-25-27(35)28(39-3)29(41-25)33-18-17-26(34)32-30(33)36/h4-18,25,27-29,35H,19H2,1-3H3,(H,32,34,36)/t25-,27-,28+,29-/m1/s1. The number of nitrogens with one attached hydrogen (secondary N) is 1. The third-order valence-electron chi connectivity index (χ3n) is 7.35. The summed E-state index contributed by atoms with van der Waals surface area (Å²) in [6.45, 7) is -0.0669. The van der Waals surface area contributed by atoms with E-state index in [1.165, 1.54) is 23.9 Å². The van der Waals surface area contributed by atoms with E-state index in [1.54, 1.807) is 14.2 Å². The Balaban J connectivity index is 1.57. The van der Waals surface area contributed by atoms with Gasteiger partial charge in [0.1, 0.15) is 35.4 Å². The van der Waals surface area contributed by atoms with Crippen LogP contribution in [0.2, 0.25) is 0 Å². The van der Waals surface area contributed by atoms with Crippen molar-refractivity contribution in [2.45, 2.75) is 30.1 Å². The highest BCUT2D eigenvalue weighted by Gasteiger charge is 2.47. The Morgan fingerprint density at radius 1 is 0.829 bits per heavy atom. The van der Waals surface area contributed by atoms with Gasteiger partial charge in [0.25, 0.3) is 5.56 Å². The fourth-order valence-electron chi connectivity index (χ4n) is 5.24. The SMILES string of the molecule is COc1ccc(C(OC[C@H]2O[C@@H](n3ccc(=O)[nH]c3=O)[C@@H](OC)[C@@H]2O)(c2ccccc2)c2ccc(OC)cc2)cc1. The fraction of sp³-hybridized carbons (Fsp3) is 0.290. The largest absolute Gasteiger partial charge is 0.497 e. The third-order valence-corrected chi connectivity index (χ3v) is 7.35. The van der Waals surface area contributed by atoms with Crippen LogP contribution < -0.4 is 20.7 Å². The van der Waals surface area contributed by atoms with Crippen molar-refractivity contribution >= 4 is 0 Å². The van der Waals surface area contributed by atoms with E-state index in [0.29, 0.717) is 11.5 Å². The second-order valence-corrected chi connectivity index (χ2v) is 9.59. The highest BCUT2D eigenvalue weighted by Crippen LogP contribution is 2.43. The van der Waals surface area contributed by atoms with Crippen LogP contribution in [0.1, 0.15) is 22.9 Å². The average molecular weight is 561 g/mol. The average Bonchev–Trinajstić information content (AvgIpc) is 3.33. The number of aliphatic hydroxyl groups excluding tert-OH is 1. The molecule has 214 valence electrons. The third kappa shape index (κ3) is 5.42. The highest BCUT2D eigenvalue weighted by molar-refractivity contribution is 5.49. The van der Waals surface area contributed by atoms with Crippen molar-refractivity contribution in [2.24, 2.45) is 0 Å². The topological polar surface area (TPSA) is 121 Å². The first-order valence-electron chi connectivity index (χ1n) is 13.1. The van der Waals surface area contributed by atoms with E-state index in [-0.39, 0.29) is 6.61 Å². The Kier molecular flexibility index (Phi) is 8.36. The number of aromatic nitrogens is 2. The molecule has 41 heavy (non-hydrogen) atoms. The number of rotatable bonds is 10. The zero-order valence-electron chi connectivity index (χ0n) is 22.9. The van der Waals surface area contributed by atoms with Crippen molar-refractivity contribution in [1.82, 2.24) is 9.55 Å². The Morgan fingerprint density at radius 3 is 1.90 bits per heavy atom. The lowest BCUT2D eigenvalue weighted by molar-refractivity contribution is -0.0967. The summed E-state index contributed by atoms with van der Waals surface area (Å²) in [4.78, 5) is 26.3. The van der Waals surface area contributed by atoms with E-state index < -0.39 is 41.4 Å². The molecule has 1 fully saturated rings. The van der Waals surface area contributed by atoms with Crippen LogP contribution in [0.15, 0.2) is 101 Å². The van der Waals surface area contributed by atoms with Crippen LogP contribution in [0.5, 0.6) is 11.5 Å². The Labute approximate surface area is 236 Å². The molecule has 1 aliphatic heterocycles. The lowest BCUT2D eigenvalue weighted by Gasteiger charge is -2.37. The fourth-order valence-corrected chi connectivity index (χ4v) is 5.24. The molecule has 0 aliphatic carbocycles. The molecule has 0 spiro atoms. The van der Waals surface area contributed by atoms with Gasteiger partial charge in [-0.1, -0.05) is 54.6 Å². The van der Waals surface area contributed by atoms with Crippen molar-refractivity contribution in [2.75, 3.05) is 27.9 Å². The molecule has 1 saturated heterocycles. The molecular formula is C31H32N2O8. The first-order valence-corrected chi connectivity index (χ1v) is 13.1. The Hall–Kier alpha value is -4.22. The first kappa shape index (κ1) is 28.3. The molecule has 0 saturated carbocycles. The van der Waals surface area contributed by atoms with Gasteiger partial charge in [-0.2, -0.15) is 0 Å². The van der Waals surface area contributed by atoms with Crippen LogP contribution in [0, 0.1) is 0 Å². The van der Waals surface area contributed by atoms with E-state index in [9.17, 15) is 14.7 Å². The first-order chi connectivity index (χ1) is 19.9. The zero-order chi connectivity index (χ0) is 29.0. The highest BCUT2D eigenvalue weighted by atomic mass is 16.6. The second kappa shape index (κ2) is 12.1. The van der Waals surface area contributed by atoms with Gasteiger partial charge in [-0.15, -0.1) is 0 Å². The smallest absolute Gasteiger partial charge is 0.330 e. The molecule has 0 amide bonds. The van der Waals surface area contributed by atoms with Gasteiger partial charge in [-0.3, -0.25) is 14.3 Å². The molecule has 3 aromatic carbocycles. The van der Waals surface area contributed by atoms with E-state index in [2.05, 4.69) is 4.98 Å². The normalized spacial score (nSPS) is 20.6. The van der Waals surface area contributed by atoms with E-state index >= 15 is 0 Å². The maximum absolute atomic E-state index is 12.5. The van der Waals surface area contributed by atoms with Crippen LogP contribution >= 0.6 is 0 Å². The van der Waals surface area contributed by atoms with Gasteiger partial charge in [0.15, 0.2) is 6.23 Å². The molecule has 4 atom stereocenters. The summed E-state index contributed by atoms with van der Waals surface area (Å²) in [6, 6.07) is 26.1. The lowest BCUT2D eigenvalue weighted by Crippen LogP contribution is -2.40. The van der Waals surface area contributed by atoms with Gasteiger partial charge < -0.3 is 28.8 Å². The van der Waals surface area contributed by atoms with Crippen molar-refractivity contribution in [1.29, 1.82) is 0 Å². The number of hydrogen-bond donors (Lipinski definition) is 2. The molecule has 4 aromatic rings. The van der Waals surface area contributed by atoms with Gasteiger partial charge in [-0.05, 0) is 41.0 Å². The minimum absolute atomic E-state index is 0.0669. The number of aromatic amines is 1. The lowest BCUT2D eigenvalue weighted by atomic mass is 9.80. The van der Waals surface area contributed by atoms with Gasteiger partial charge in [0.2, 0.25) is 0 Å². The molecule has 0 bridgehead atoms. The van der Waals surface area contributed by atoms with E-state index in [1.807, 2.05) is 78.9 Å². The van der Waals surface area contributed by atoms with E-state index in [0.717, 1.165) is 16.7 Å². The van der Waals surface area contributed by atoms with Crippen molar-refractivity contribution in [3.05, 3.63) is 129 Å². The molecule has 0 radical (unpaired) electrons. The summed E-state index contributed by atoms with van der Waals surface area (Å²) in [7, 11) is 4.64. The van der Waals surface area contributed by atoms with Crippen LogP contribution in [0.25, 0.3) is 0 Å². The van der Waals surface area contributed by atoms with Crippen LogP contribution in [0.4, 0.5) is 0 Å². The molecule has 2 heterocycles. The number of hydrogen-bond acceptors (Lipinski definition) is 8. The number of aliphatic hydroxyl groups is 1. The predicted molar refractivity (Wildman–Crippen MR) is 150 cm³/mol. The van der Waals surface area contributed by atoms with E-state index in [4.69, 9.17) is 23.7 Å². The summed E-state index contributed by atoms with van der Waals surface area (Å²) in [6.07, 6.45) is -2.56. The Morgan fingerprint density at radius 2 is 1.39 bits per heavy atom. The Bertz CT molecular complexity index is 1500. The summed E-state index contributed by atoms with van der Waals surface area (Å²) in [5.74, 6) is 1.38. The number of nitrogens with zero attached hydrogens (tertiary/aromatic N) is 1. The van der Waals surface area contributed by atoms with Gasteiger partial charge >= 0.3 is 5.69 Å². The van der Waals surface area contributed by atoms with Gasteiger partial charge in [0.05, 0.1) is 20.8 Å². The van der Waals surface area contributed by atoms with Gasteiger partial charge in [-0.25, -0.2) is 4.79 Å². The zero-order valence-corrected chi connectivity index (χ0v) is 22.9. The van der Waals surface area contributed by atoms with Gasteiger partial charge in [0, 0.05) is 19.4 Å². The number of methoxy groups -OCH3 is 3. The molecule has 10 nitrogen and oxygen atoms in total. The van der Waals surface area contributed by atoms with Crippen molar-refractivity contribution < 1.29 is 28.8 Å². The molecule has 0 unspecified atom stereocenters. The van der Waals surface area contributed by atoms with Crippen LogP contribution in [-0.2, 0) is 19.8 Å². The maximum Gasteiger partial charge on any atom is 0.330 e. The molecule has 1 aliphatic rings. The molecule has 10 heteroatoms. The molecule has 1 aromatic heterocycles. The van der Waals surface area contributed by atoms with Crippen molar-refractivity contribution in [3.8, 4) is 11.5 Å². The monoisotopic (exact) mass is 560 g/mol. The van der Waals surface area contributed by atoms with Crippen LogP contribution in [0.3, 0.4) is 0 Å².